The molecule has 1 fully saturated rings. The third kappa shape index (κ3) is 4.60. The molecular formula is C28H30N4O5S. The average molecular weight is 535 g/mol. The van der Waals surface area contributed by atoms with Gasteiger partial charge >= 0.3 is 0 Å². The summed E-state index contributed by atoms with van der Waals surface area (Å²) in [6.07, 6.45) is 0.449. The number of hydrogen-bond donors (Lipinski definition) is 1. The quantitative estimate of drug-likeness (QED) is 0.383. The second-order valence-corrected chi connectivity index (χ2v) is 11.8. The van der Waals surface area contributed by atoms with Crippen LogP contribution in [0.4, 0.5) is 5.69 Å². The highest BCUT2D eigenvalue weighted by Crippen LogP contribution is 2.35. The van der Waals surface area contributed by atoms with Crippen molar-refractivity contribution in [3.05, 3.63) is 64.8 Å². The molecule has 3 heterocycles. The van der Waals surface area contributed by atoms with Crippen LogP contribution in [0.2, 0.25) is 0 Å². The van der Waals surface area contributed by atoms with Crippen LogP contribution >= 0.6 is 0 Å². The minimum absolute atomic E-state index is 0.00446. The maximum absolute atomic E-state index is 13.8. The first kappa shape index (κ1) is 25.7. The minimum atomic E-state index is -3.16. The van der Waals surface area contributed by atoms with Gasteiger partial charge in [0.15, 0.2) is 27.0 Å². The second kappa shape index (κ2) is 9.75. The molecule has 38 heavy (non-hydrogen) atoms. The number of nitrogens with one attached hydrogen (secondary N) is 1. The summed E-state index contributed by atoms with van der Waals surface area (Å²) in [5, 5.41) is 8.33. The van der Waals surface area contributed by atoms with Crippen molar-refractivity contribution in [3.63, 3.8) is 0 Å². The topological polar surface area (TPSA) is 112 Å². The third-order valence-corrected chi connectivity index (χ3v) is 8.92. The number of benzene rings is 2. The number of carbonyl (C=O) groups excluding carboxylic acids is 1. The van der Waals surface area contributed by atoms with E-state index in [2.05, 4.69) is 10.4 Å². The summed E-state index contributed by atoms with van der Waals surface area (Å²) in [5.41, 5.74) is 5.52. The Hall–Kier alpha value is -3.92. The fraction of sp³-hybridized carbons (Fsp3) is 0.321. The number of amides is 1. The lowest BCUT2D eigenvalue weighted by Gasteiger charge is -2.14. The summed E-state index contributed by atoms with van der Waals surface area (Å²) in [7, 11) is -0.0365. The van der Waals surface area contributed by atoms with Crippen LogP contribution in [0, 0.1) is 20.8 Å². The molecule has 1 atom stereocenters. The van der Waals surface area contributed by atoms with E-state index >= 15 is 0 Å². The minimum Gasteiger partial charge on any atom is -0.493 e. The highest BCUT2D eigenvalue weighted by atomic mass is 32.2. The number of hydrogen-bond acceptors (Lipinski definition) is 7. The molecule has 0 bridgehead atoms. The SMILES string of the molecule is COc1ccc(-c2cc(C(=O)Nc3cccc(C)c3C)c3c(C)nn(C4CCS(=O)(=O)C4)c3n2)cc1OC. The smallest absolute Gasteiger partial charge is 0.256 e. The van der Waals surface area contributed by atoms with Crippen molar-refractivity contribution < 1.29 is 22.7 Å². The van der Waals surface area contributed by atoms with Crippen LogP contribution < -0.4 is 14.8 Å². The molecule has 4 aromatic rings. The van der Waals surface area contributed by atoms with Gasteiger partial charge in [0.1, 0.15) is 0 Å². The van der Waals surface area contributed by atoms with E-state index in [-0.39, 0.29) is 23.5 Å². The Morgan fingerprint density at radius 2 is 1.82 bits per heavy atom. The van der Waals surface area contributed by atoms with Gasteiger partial charge in [0, 0.05) is 11.3 Å². The Kier molecular flexibility index (Phi) is 6.60. The summed E-state index contributed by atoms with van der Waals surface area (Å²) in [6, 6.07) is 12.6. The lowest BCUT2D eigenvalue weighted by atomic mass is 10.0. The molecule has 1 N–H and O–H groups in total. The Morgan fingerprint density at radius 1 is 1.05 bits per heavy atom. The molecule has 1 saturated heterocycles. The van der Waals surface area contributed by atoms with Crippen LogP contribution in [0.5, 0.6) is 11.5 Å². The zero-order valence-electron chi connectivity index (χ0n) is 22.0. The summed E-state index contributed by atoms with van der Waals surface area (Å²) < 4.78 is 37.1. The zero-order valence-corrected chi connectivity index (χ0v) is 22.8. The van der Waals surface area contributed by atoms with Gasteiger partial charge in [0.2, 0.25) is 0 Å². The first-order valence-electron chi connectivity index (χ1n) is 12.3. The van der Waals surface area contributed by atoms with Crippen LogP contribution in [0.15, 0.2) is 42.5 Å². The number of aryl methyl sites for hydroxylation is 2. The van der Waals surface area contributed by atoms with E-state index < -0.39 is 9.84 Å². The number of anilines is 1. The second-order valence-electron chi connectivity index (χ2n) is 9.61. The van der Waals surface area contributed by atoms with Crippen LogP contribution in [-0.2, 0) is 9.84 Å². The molecule has 0 aliphatic carbocycles. The van der Waals surface area contributed by atoms with E-state index in [0.29, 0.717) is 45.9 Å². The van der Waals surface area contributed by atoms with Gasteiger partial charge in [-0.15, -0.1) is 0 Å². The van der Waals surface area contributed by atoms with Gasteiger partial charge in [-0.1, -0.05) is 12.1 Å². The summed E-state index contributed by atoms with van der Waals surface area (Å²) in [4.78, 5) is 18.7. The Labute approximate surface area is 221 Å². The predicted octanol–water partition coefficient (Wildman–Crippen LogP) is 4.65. The molecule has 1 aliphatic rings. The molecule has 2 aromatic heterocycles. The summed E-state index contributed by atoms with van der Waals surface area (Å²) >= 11 is 0. The molecule has 1 aliphatic heterocycles. The molecule has 198 valence electrons. The van der Waals surface area contributed by atoms with Crippen LogP contribution in [0.25, 0.3) is 22.3 Å². The zero-order chi connectivity index (χ0) is 27.2. The van der Waals surface area contributed by atoms with Crippen LogP contribution in [0.3, 0.4) is 0 Å². The predicted molar refractivity (Wildman–Crippen MR) is 147 cm³/mol. The highest BCUT2D eigenvalue weighted by Gasteiger charge is 2.32. The van der Waals surface area contributed by atoms with Gasteiger partial charge < -0.3 is 14.8 Å². The van der Waals surface area contributed by atoms with Crippen molar-refractivity contribution in [2.24, 2.45) is 0 Å². The molecule has 9 nitrogen and oxygen atoms in total. The number of pyridine rings is 1. The molecule has 1 amide bonds. The van der Waals surface area contributed by atoms with Gasteiger partial charge in [-0.2, -0.15) is 5.10 Å². The molecule has 10 heteroatoms. The molecule has 1 unspecified atom stereocenters. The van der Waals surface area contributed by atoms with Crippen LogP contribution in [0.1, 0.15) is 39.6 Å². The van der Waals surface area contributed by atoms with E-state index in [1.807, 2.05) is 45.0 Å². The molecule has 2 aromatic carbocycles. The third-order valence-electron chi connectivity index (χ3n) is 7.17. The summed E-state index contributed by atoms with van der Waals surface area (Å²) in [5.74, 6) is 0.903. The average Bonchev–Trinajstić information content (AvgIpc) is 3.44. The van der Waals surface area contributed by atoms with Gasteiger partial charge in [-0.25, -0.2) is 18.1 Å². The molecular weight excluding hydrogens is 504 g/mol. The van der Waals surface area contributed by atoms with Gasteiger partial charge in [-0.05, 0) is 68.7 Å². The molecule has 0 spiro atoms. The monoisotopic (exact) mass is 534 g/mol. The molecule has 0 radical (unpaired) electrons. The number of sulfone groups is 1. The summed E-state index contributed by atoms with van der Waals surface area (Å²) in [6.45, 7) is 5.77. The van der Waals surface area contributed by atoms with Crippen molar-refractivity contribution in [2.75, 3.05) is 31.0 Å². The normalized spacial score (nSPS) is 16.5. The standard InChI is InChI=1S/C28H30N4O5S/c1-16-7-6-8-22(17(16)2)30-28(33)21-14-23(19-9-10-24(36-4)25(13-19)37-5)29-27-26(21)18(3)31-32(27)20-11-12-38(34,35)15-20/h6-10,13-14,20H,11-12,15H2,1-5H3,(H,30,33). The van der Waals surface area contributed by atoms with Crippen molar-refractivity contribution in [1.29, 1.82) is 0 Å². The Balaban J connectivity index is 1.70. The lowest BCUT2D eigenvalue weighted by Crippen LogP contribution is -2.15. The van der Waals surface area contributed by atoms with Gasteiger partial charge in [0.05, 0.1) is 54.1 Å². The molecule has 5 rings (SSSR count). The van der Waals surface area contributed by atoms with E-state index in [9.17, 15) is 13.2 Å². The number of carbonyl (C=O) groups is 1. The fourth-order valence-electron chi connectivity index (χ4n) is 4.93. The first-order chi connectivity index (χ1) is 18.1. The largest absolute Gasteiger partial charge is 0.493 e. The molecule has 0 saturated carbocycles. The number of rotatable bonds is 6. The van der Waals surface area contributed by atoms with Crippen molar-refractivity contribution in [1.82, 2.24) is 14.8 Å². The van der Waals surface area contributed by atoms with Crippen molar-refractivity contribution >= 4 is 32.5 Å². The van der Waals surface area contributed by atoms with E-state index in [1.165, 1.54) is 0 Å². The van der Waals surface area contributed by atoms with Gasteiger partial charge in [-0.3, -0.25) is 4.79 Å². The van der Waals surface area contributed by atoms with Gasteiger partial charge in [0.25, 0.3) is 5.91 Å². The number of fused-ring (bicyclic) bond motifs is 1. The Bertz CT molecular complexity index is 1680. The lowest BCUT2D eigenvalue weighted by molar-refractivity contribution is 0.102. The number of ether oxygens (including phenoxy) is 2. The first-order valence-corrected chi connectivity index (χ1v) is 14.1. The number of aromatic nitrogens is 3. The van der Waals surface area contributed by atoms with E-state index in [1.54, 1.807) is 37.1 Å². The van der Waals surface area contributed by atoms with Crippen LogP contribution in [-0.4, -0.2) is 54.8 Å². The highest BCUT2D eigenvalue weighted by molar-refractivity contribution is 7.91. The van der Waals surface area contributed by atoms with E-state index in [4.69, 9.17) is 14.5 Å². The number of nitrogens with zero attached hydrogens (tertiary/aromatic N) is 3. The maximum Gasteiger partial charge on any atom is 0.256 e. The van der Waals surface area contributed by atoms with Crippen molar-refractivity contribution in [2.45, 2.75) is 33.2 Å². The number of methoxy groups -OCH3 is 2. The fourth-order valence-corrected chi connectivity index (χ4v) is 6.63. The Morgan fingerprint density at radius 3 is 2.50 bits per heavy atom. The maximum atomic E-state index is 13.8. The van der Waals surface area contributed by atoms with Crippen molar-refractivity contribution in [3.8, 4) is 22.8 Å². The van der Waals surface area contributed by atoms with E-state index in [0.717, 1.165) is 22.4 Å².